The third-order valence-electron chi connectivity index (χ3n) is 5.32. The highest BCUT2D eigenvalue weighted by Crippen LogP contribution is 2.55. The van der Waals surface area contributed by atoms with Crippen molar-refractivity contribution in [3.63, 3.8) is 0 Å². The molecule has 0 bridgehead atoms. The molecule has 1 saturated carbocycles. The van der Waals surface area contributed by atoms with Gasteiger partial charge in [0.1, 0.15) is 0 Å². The Labute approximate surface area is 135 Å². The summed E-state index contributed by atoms with van der Waals surface area (Å²) in [6.45, 7) is 1.63. The number of nitrogens with zero attached hydrogens (tertiary/aromatic N) is 3. The number of hydrogen-bond acceptors (Lipinski definition) is 3. The van der Waals surface area contributed by atoms with Gasteiger partial charge in [-0.3, -0.25) is 0 Å². The van der Waals surface area contributed by atoms with Crippen molar-refractivity contribution in [1.29, 1.82) is 0 Å². The van der Waals surface area contributed by atoms with Crippen LogP contribution in [0.2, 0.25) is 0 Å². The summed E-state index contributed by atoms with van der Waals surface area (Å²) in [5, 5.41) is 10.5. The van der Waals surface area contributed by atoms with Crippen LogP contribution in [0, 0.1) is 5.41 Å². The molecule has 1 saturated heterocycles. The zero-order chi connectivity index (χ0) is 15.7. The number of anilines is 1. The predicted molar refractivity (Wildman–Crippen MR) is 88.1 cm³/mol. The van der Waals surface area contributed by atoms with E-state index in [-0.39, 0.29) is 11.4 Å². The van der Waals surface area contributed by atoms with E-state index in [1.165, 1.54) is 24.8 Å². The molecule has 2 fully saturated rings. The topological polar surface area (TPSA) is 58.1 Å². The maximum absolute atomic E-state index is 12.6. The van der Waals surface area contributed by atoms with Crippen molar-refractivity contribution >= 4 is 11.7 Å². The highest BCUT2D eigenvalue weighted by molar-refractivity contribution is 5.89. The molecular weight excluding hydrogens is 288 g/mol. The molecule has 1 aromatic carbocycles. The first kappa shape index (κ1) is 14.2. The van der Waals surface area contributed by atoms with Crippen LogP contribution in [0.4, 0.5) is 10.5 Å². The van der Waals surface area contributed by atoms with Gasteiger partial charge in [-0.25, -0.2) is 4.79 Å². The lowest BCUT2D eigenvalue weighted by Crippen LogP contribution is -2.39. The van der Waals surface area contributed by atoms with Gasteiger partial charge in [0.15, 0.2) is 0 Å². The number of benzene rings is 1. The van der Waals surface area contributed by atoms with E-state index < -0.39 is 0 Å². The first-order valence-electron chi connectivity index (χ1n) is 8.14. The zero-order valence-corrected chi connectivity index (χ0v) is 13.0. The molecule has 23 heavy (non-hydrogen) atoms. The Balaban J connectivity index is 1.52. The van der Waals surface area contributed by atoms with Crippen molar-refractivity contribution in [2.75, 3.05) is 18.4 Å². The van der Waals surface area contributed by atoms with Crippen LogP contribution in [-0.2, 0) is 0 Å². The summed E-state index contributed by atoms with van der Waals surface area (Å²) in [4.78, 5) is 14.5. The Kier molecular flexibility index (Phi) is 3.48. The van der Waals surface area contributed by atoms with Gasteiger partial charge in [0.2, 0.25) is 0 Å². The number of likely N-dealkylation sites (tertiary alicyclic amines) is 1. The molecule has 2 amide bonds. The molecule has 2 aliphatic rings. The summed E-state index contributed by atoms with van der Waals surface area (Å²) in [6.07, 6.45) is 6.86. The van der Waals surface area contributed by atoms with Gasteiger partial charge < -0.3 is 10.2 Å². The standard InChI is InChI=1S/C18H20N4O/c23-17(21-15-7-10-19-20-11-15)22-12-16(14-5-2-1-3-6-14)18(13-22)8-4-9-18/h1-3,5-7,10-11,16H,4,8-9,12-13H2,(H,19,21,23)/t16-/m0/s1. The van der Waals surface area contributed by atoms with Crippen molar-refractivity contribution in [2.24, 2.45) is 5.41 Å². The minimum absolute atomic E-state index is 0.0392. The Morgan fingerprint density at radius 1 is 1.17 bits per heavy atom. The smallest absolute Gasteiger partial charge is 0.321 e. The largest absolute Gasteiger partial charge is 0.323 e. The Morgan fingerprint density at radius 2 is 2.00 bits per heavy atom. The lowest BCUT2D eigenvalue weighted by Gasteiger charge is -2.43. The second kappa shape index (κ2) is 5.65. The van der Waals surface area contributed by atoms with Crippen molar-refractivity contribution in [3.8, 4) is 0 Å². The Hall–Kier alpha value is -2.43. The monoisotopic (exact) mass is 308 g/mol. The molecule has 5 heteroatoms. The molecule has 1 atom stereocenters. The van der Waals surface area contributed by atoms with Gasteiger partial charge in [-0.05, 0) is 29.9 Å². The molecule has 4 rings (SSSR count). The van der Waals surface area contributed by atoms with Gasteiger partial charge in [-0.2, -0.15) is 10.2 Å². The normalized spacial score (nSPS) is 21.9. The summed E-state index contributed by atoms with van der Waals surface area (Å²) in [5.41, 5.74) is 2.32. The number of aromatic nitrogens is 2. The Morgan fingerprint density at radius 3 is 2.65 bits per heavy atom. The maximum atomic E-state index is 12.6. The van der Waals surface area contributed by atoms with Crippen molar-refractivity contribution in [3.05, 3.63) is 54.4 Å². The van der Waals surface area contributed by atoms with Gasteiger partial charge in [-0.15, -0.1) is 0 Å². The van der Waals surface area contributed by atoms with E-state index in [4.69, 9.17) is 0 Å². The molecule has 0 radical (unpaired) electrons. The van der Waals surface area contributed by atoms with Gasteiger partial charge >= 0.3 is 6.03 Å². The van der Waals surface area contributed by atoms with Crippen LogP contribution < -0.4 is 5.32 Å². The highest BCUT2D eigenvalue weighted by atomic mass is 16.2. The zero-order valence-electron chi connectivity index (χ0n) is 13.0. The van der Waals surface area contributed by atoms with Gasteiger partial charge in [-0.1, -0.05) is 36.8 Å². The molecule has 5 nitrogen and oxygen atoms in total. The lowest BCUT2D eigenvalue weighted by molar-refractivity contribution is 0.125. The number of urea groups is 1. The fraction of sp³-hybridized carbons (Fsp3) is 0.389. The molecule has 2 aromatic rings. The third kappa shape index (κ3) is 2.56. The second-order valence-corrected chi connectivity index (χ2v) is 6.62. The first-order valence-corrected chi connectivity index (χ1v) is 8.14. The lowest BCUT2D eigenvalue weighted by atomic mass is 9.61. The SMILES string of the molecule is O=C(Nc1ccnnc1)N1C[C@@H](c2ccccc2)C2(CCC2)C1. The maximum Gasteiger partial charge on any atom is 0.321 e. The molecule has 118 valence electrons. The molecule has 1 aromatic heterocycles. The van der Waals surface area contributed by atoms with Crippen LogP contribution in [0.5, 0.6) is 0 Å². The van der Waals surface area contributed by atoms with E-state index in [1.54, 1.807) is 18.5 Å². The summed E-state index contributed by atoms with van der Waals surface area (Å²) in [5.74, 6) is 0.443. The summed E-state index contributed by atoms with van der Waals surface area (Å²) >= 11 is 0. The van der Waals surface area contributed by atoms with Gasteiger partial charge in [0, 0.05) is 19.0 Å². The van der Waals surface area contributed by atoms with Crippen LogP contribution in [0.25, 0.3) is 0 Å². The molecule has 1 N–H and O–H groups in total. The van der Waals surface area contributed by atoms with Crippen LogP contribution in [0.1, 0.15) is 30.7 Å². The summed E-state index contributed by atoms with van der Waals surface area (Å²) in [6, 6.07) is 12.3. The van der Waals surface area contributed by atoms with Gasteiger partial charge in [0.05, 0.1) is 18.1 Å². The van der Waals surface area contributed by atoms with E-state index in [2.05, 4.69) is 39.8 Å². The predicted octanol–water partition coefficient (Wildman–Crippen LogP) is 3.28. The minimum Gasteiger partial charge on any atom is -0.323 e. The first-order chi connectivity index (χ1) is 11.3. The molecule has 1 aliphatic carbocycles. The van der Waals surface area contributed by atoms with Crippen molar-refractivity contribution in [1.82, 2.24) is 15.1 Å². The van der Waals surface area contributed by atoms with E-state index in [0.717, 1.165) is 13.1 Å². The summed E-state index contributed by atoms with van der Waals surface area (Å²) < 4.78 is 0. The highest BCUT2D eigenvalue weighted by Gasteiger charge is 2.51. The minimum atomic E-state index is -0.0392. The molecular formula is C18H20N4O. The number of amides is 2. The van der Waals surface area contributed by atoms with Crippen LogP contribution in [-0.4, -0.2) is 34.2 Å². The molecule has 2 heterocycles. The van der Waals surface area contributed by atoms with Gasteiger partial charge in [0.25, 0.3) is 0 Å². The van der Waals surface area contributed by atoms with E-state index >= 15 is 0 Å². The molecule has 0 unspecified atom stereocenters. The Bertz CT molecular complexity index is 685. The number of rotatable bonds is 2. The quantitative estimate of drug-likeness (QED) is 0.926. The van der Waals surface area contributed by atoms with Crippen LogP contribution in [0.3, 0.4) is 0 Å². The van der Waals surface area contributed by atoms with Crippen LogP contribution >= 0.6 is 0 Å². The number of carbonyl (C=O) groups excluding carboxylic acids is 1. The fourth-order valence-corrected chi connectivity index (χ4v) is 3.97. The van der Waals surface area contributed by atoms with Crippen LogP contribution in [0.15, 0.2) is 48.8 Å². The number of hydrogen-bond donors (Lipinski definition) is 1. The molecule has 1 spiro atoms. The van der Waals surface area contributed by atoms with Crippen molar-refractivity contribution in [2.45, 2.75) is 25.2 Å². The number of nitrogens with one attached hydrogen (secondary N) is 1. The third-order valence-corrected chi connectivity index (χ3v) is 5.32. The van der Waals surface area contributed by atoms with E-state index in [9.17, 15) is 4.79 Å². The fourth-order valence-electron chi connectivity index (χ4n) is 3.97. The molecule has 1 aliphatic heterocycles. The average molecular weight is 308 g/mol. The van der Waals surface area contributed by atoms with Crippen molar-refractivity contribution < 1.29 is 4.79 Å². The van der Waals surface area contributed by atoms with E-state index in [0.29, 0.717) is 11.6 Å². The van der Waals surface area contributed by atoms with E-state index in [1.807, 2.05) is 11.0 Å². The summed E-state index contributed by atoms with van der Waals surface area (Å²) in [7, 11) is 0. The number of carbonyl (C=O) groups is 1. The second-order valence-electron chi connectivity index (χ2n) is 6.62. The average Bonchev–Trinajstić information content (AvgIpc) is 2.98.